The molecule has 7 heavy (non-hydrogen) atoms. The van der Waals surface area contributed by atoms with Gasteiger partial charge in [-0.25, -0.2) is 0 Å². The minimum absolute atomic E-state index is 0.833. The molecule has 0 aliphatic carbocycles. The van der Waals surface area contributed by atoms with Crippen molar-refractivity contribution in [1.29, 1.82) is 0 Å². The second-order valence-electron chi connectivity index (χ2n) is 1.57. The van der Waals surface area contributed by atoms with Crippen LogP contribution in [-0.4, -0.2) is 6.21 Å². The molecule has 1 aliphatic rings. The number of hydrogen-bond acceptors (Lipinski definition) is 1. The molecule has 0 saturated carbocycles. The van der Waals surface area contributed by atoms with Crippen LogP contribution in [0.3, 0.4) is 0 Å². The van der Waals surface area contributed by atoms with Crippen LogP contribution in [-0.2, 0) is 0 Å². The van der Waals surface area contributed by atoms with Gasteiger partial charge in [0.05, 0.1) is 5.70 Å². The van der Waals surface area contributed by atoms with Crippen molar-refractivity contribution in [2.24, 2.45) is 4.99 Å². The molecule has 0 aromatic carbocycles. The van der Waals surface area contributed by atoms with Gasteiger partial charge >= 0.3 is 0 Å². The Kier molecular flexibility index (Phi) is 0.823. The van der Waals surface area contributed by atoms with Crippen LogP contribution < -0.4 is 0 Å². The average Bonchev–Trinajstić information content (AvgIpc) is 1.91. The van der Waals surface area contributed by atoms with Crippen LogP contribution in [0.15, 0.2) is 29.4 Å². The van der Waals surface area contributed by atoms with Crippen LogP contribution >= 0.6 is 0 Å². The SMILES string of the molecule is C=C1CC=NC1=C. The molecule has 0 atom stereocenters. The van der Waals surface area contributed by atoms with Crippen molar-refractivity contribution in [2.45, 2.75) is 6.42 Å². The highest BCUT2D eigenvalue weighted by atomic mass is 14.8. The lowest BCUT2D eigenvalue weighted by atomic mass is 10.2. The van der Waals surface area contributed by atoms with Crippen LogP contribution in [0.2, 0.25) is 0 Å². The van der Waals surface area contributed by atoms with Crippen molar-refractivity contribution in [2.75, 3.05) is 0 Å². The molecule has 0 fully saturated rings. The predicted molar refractivity (Wildman–Crippen MR) is 31.4 cm³/mol. The van der Waals surface area contributed by atoms with E-state index in [-0.39, 0.29) is 0 Å². The van der Waals surface area contributed by atoms with Crippen molar-refractivity contribution in [3.05, 3.63) is 24.4 Å². The zero-order valence-corrected chi connectivity index (χ0v) is 4.15. The first-order chi connectivity index (χ1) is 3.30. The highest BCUT2D eigenvalue weighted by molar-refractivity contribution is 5.70. The first-order valence-corrected chi connectivity index (χ1v) is 2.20. The van der Waals surface area contributed by atoms with E-state index in [9.17, 15) is 0 Å². The lowest BCUT2D eigenvalue weighted by Crippen LogP contribution is -1.69. The average molecular weight is 93.1 g/mol. The number of aliphatic imine (C=N–C) groups is 1. The van der Waals surface area contributed by atoms with Gasteiger partial charge in [0.15, 0.2) is 0 Å². The van der Waals surface area contributed by atoms with Crippen LogP contribution in [0.5, 0.6) is 0 Å². The topological polar surface area (TPSA) is 12.4 Å². The Morgan fingerprint density at radius 2 is 2.29 bits per heavy atom. The van der Waals surface area contributed by atoms with E-state index in [1.165, 1.54) is 0 Å². The summed E-state index contributed by atoms with van der Waals surface area (Å²) in [4.78, 5) is 3.90. The molecule has 0 spiro atoms. The Hall–Kier alpha value is -0.850. The molecule has 0 amide bonds. The minimum Gasteiger partial charge on any atom is -0.261 e. The first-order valence-electron chi connectivity index (χ1n) is 2.20. The molecule has 0 radical (unpaired) electrons. The highest BCUT2D eigenvalue weighted by Crippen LogP contribution is 2.14. The molecular weight excluding hydrogens is 86.1 g/mol. The summed E-state index contributed by atoms with van der Waals surface area (Å²) in [6.45, 7) is 7.35. The van der Waals surface area contributed by atoms with Crippen LogP contribution in [0.1, 0.15) is 6.42 Å². The Labute approximate surface area is 43.1 Å². The molecule has 0 aromatic heterocycles. The maximum absolute atomic E-state index is 3.90. The lowest BCUT2D eigenvalue weighted by molar-refractivity contribution is 1.36. The molecule has 36 valence electrons. The molecule has 1 nitrogen and oxygen atoms in total. The summed E-state index contributed by atoms with van der Waals surface area (Å²) in [5.41, 5.74) is 1.88. The van der Waals surface area contributed by atoms with Gasteiger partial charge in [-0.05, 0) is 5.57 Å². The largest absolute Gasteiger partial charge is 0.261 e. The number of hydrogen-bond donors (Lipinski definition) is 0. The van der Waals surface area contributed by atoms with Gasteiger partial charge in [-0.3, -0.25) is 4.99 Å². The van der Waals surface area contributed by atoms with E-state index in [1.54, 1.807) is 0 Å². The third-order valence-corrected chi connectivity index (χ3v) is 0.993. The molecule has 0 saturated heterocycles. The fourth-order valence-corrected chi connectivity index (χ4v) is 0.475. The maximum atomic E-state index is 3.90. The first kappa shape index (κ1) is 4.31. The second kappa shape index (κ2) is 1.34. The van der Waals surface area contributed by atoms with Crippen molar-refractivity contribution in [1.82, 2.24) is 0 Å². The highest BCUT2D eigenvalue weighted by Gasteiger charge is 2.00. The van der Waals surface area contributed by atoms with Gasteiger partial charge in [0.25, 0.3) is 0 Å². The molecule has 1 heterocycles. The molecule has 1 heteroatoms. The lowest BCUT2D eigenvalue weighted by Gasteiger charge is -1.85. The van der Waals surface area contributed by atoms with E-state index in [1.807, 2.05) is 6.21 Å². The Morgan fingerprint density at radius 1 is 1.57 bits per heavy atom. The summed E-state index contributed by atoms with van der Waals surface area (Å²) < 4.78 is 0. The number of nitrogens with zero attached hydrogens (tertiary/aromatic N) is 1. The standard InChI is InChI=1S/C6H7N/c1-5-3-4-7-6(5)2/h4H,1-3H2. The Morgan fingerprint density at radius 3 is 2.43 bits per heavy atom. The quantitative estimate of drug-likeness (QED) is 0.430. The summed E-state index contributed by atoms with van der Waals surface area (Å²) >= 11 is 0. The normalized spacial score (nSPS) is 18.9. The van der Waals surface area contributed by atoms with Crippen molar-refractivity contribution in [3.8, 4) is 0 Å². The summed E-state index contributed by atoms with van der Waals surface area (Å²) in [6.07, 6.45) is 2.71. The molecule has 0 N–H and O–H groups in total. The maximum Gasteiger partial charge on any atom is 0.0583 e. The van der Waals surface area contributed by atoms with Gasteiger partial charge in [0, 0.05) is 12.6 Å². The van der Waals surface area contributed by atoms with E-state index in [4.69, 9.17) is 0 Å². The van der Waals surface area contributed by atoms with Gasteiger partial charge < -0.3 is 0 Å². The summed E-state index contributed by atoms with van der Waals surface area (Å²) in [5, 5.41) is 0. The van der Waals surface area contributed by atoms with E-state index in [0.29, 0.717) is 0 Å². The van der Waals surface area contributed by atoms with E-state index >= 15 is 0 Å². The van der Waals surface area contributed by atoms with Crippen LogP contribution in [0.25, 0.3) is 0 Å². The summed E-state index contributed by atoms with van der Waals surface area (Å²) in [5.74, 6) is 0. The van der Waals surface area contributed by atoms with Gasteiger partial charge in [-0.2, -0.15) is 0 Å². The van der Waals surface area contributed by atoms with E-state index in [2.05, 4.69) is 18.2 Å². The van der Waals surface area contributed by atoms with E-state index < -0.39 is 0 Å². The fraction of sp³-hybridized carbons (Fsp3) is 0.167. The van der Waals surface area contributed by atoms with Crippen molar-refractivity contribution < 1.29 is 0 Å². The molecule has 0 aromatic rings. The zero-order valence-electron chi connectivity index (χ0n) is 4.15. The zero-order chi connectivity index (χ0) is 5.28. The minimum atomic E-state index is 0.833. The van der Waals surface area contributed by atoms with Gasteiger partial charge in [0.2, 0.25) is 0 Å². The monoisotopic (exact) mass is 93.1 g/mol. The third kappa shape index (κ3) is 0.610. The molecule has 0 unspecified atom stereocenters. The summed E-state index contributed by atoms with van der Waals surface area (Å²) in [6, 6.07) is 0. The third-order valence-electron chi connectivity index (χ3n) is 0.993. The van der Waals surface area contributed by atoms with Gasteiger partial charge in [-0.1, -0.05) is 13.2 Å². The van der Waals surface area contributed by atoms with Crippen LogP contribution in [0.4, 0.5) is 0 Å². The van der Waals surface area contributed by atoms with Crippen molar-refractivity contribution in [3.63, 3.8) is 0 Å². The Bertz CT molecular complexity index is 142. The Balaban J connectivity index is 2.81. The van der Waals surface area contributed by atoms with E-state index in [0.717, 1.165) is 17.7 Å². The smallest absolute Gasteiger partial charge is 0.0583 e. The van der Waals surface area contributed by atoms with Crippen molar-refractivity contribution >= 4 is 6.21 Å². The van der Waals surface area contributed by atoms with Gasteiger partial charge in [0.1, 0.15) is 0 Å². The molecule has 0 bridgehead atoms. The van der Waals surface area contributed by atoms with Crippen LogP contribution in [0, 0.1) is 0 Å². The fourth-order valence-electron chi connectivity index (χ4n) is 0.475. The van der Waals surface area contributed by atoms with Gasteiger partial charge in [-0.15, -0.1) is 0 Å². The number of allylic oxidation sites excluding steroid dienone is 1. The number of rotatable bonds is 0. The predicted octanol–water partition coefficient (Wildman–Crippen LogP) is 1.53. The summed E-state index contributed by atoms with van der Waals surface area (Å²) in [7, 11) is 0. The molecular formula is C6H7N. The molecule has 1 rings (SSSR count). The second-order valence-corrected chi connectivity index (χ2v) is 1.57. The molecule has 1 aliphatic heterocycles.